The van der Waals surface area contributed by atoms with Gasteiger partial charge < -0.3 is 20.4 Å². The lowest BCUT2D eigenvalue weighted by molar-refractivity contribution is -0.130. The van der Waals surface area contributed by atoms with Crippen molar-refractivity contribution in [2.24, 2.45) is 0 Å². The zero-order chi connectivity index (χ0) is 22.2. The van der Waals surface area contributed by atoms with Gasteiger partial charge in [0.2, 0.25) is 5.91 Å². The van der Waals surface area contributed by atoms with Crippen LogP contribution in [0.3, 0.4) is 0 Å². The fourth-order valence-corrected chi connectivity index (χ4v) is 4.39. The number of urea groups is 1. The highest BCUT2D eigenvalue weighted by atomic mass is 32.2. The minimum atomic E-state index is -0.335. The number of hydrogen-bond acceptors (Lipinski definition) is 4. The van der Waals surface area contributed by atoms with E-state index in [0.717, 1.165) is 35.7 Å². The number of carbonyl (C=O) groups excluding carboxylic acids is 2. The van der Waals surface area contributed by atoms with Crippen LogP contribution in [0.5, 0.6) is 0 Å². The number of benzene rings is 2. The minimum absolute atomic E-state index is 0.144. The molecule has 1 atom stereocenters. The van der Waals surface area contributed by atoms with Crippen LogP contribution in [-0.4, -0.2) is 67.0 Å². The molecule has 166 valence electrons. The molecule has 2 aromatic carbocycles. The zero-order valence-corrected chi connectivity index (χ0v) is 18.8. The smallest absolute Gasteiger partial charge is 0.319 e. The van der Waals surface area contributed by atoms with Crippen molar-refractivity contribution in [1.29, 1.82) is 0 Å². The number of rotatable bonds is 7. The van der Waals surface area contributed by atoms with Gasteiger partial charge in [-0.3, -0.25) is 4.79 Å². The highest BCUT2D eigenvalue weighted by molar-refractivity contribution is 7.99. The number of nitrogens with one attached hydrogen (secondary N) is 2. The maximum atomic E-state index is 13.6. The Morgan fingerprint density at radius 2 is 1.84 bits per heavy atom. The summed E-state index contributed by atoms with van der Waals surface area (Å²) in [5.41, 5.74) is 2.37. The van der Waals surface area contributed by atoms with E-state index < -0.39 is 0 Å². The number of amides is 3. The predicted octanol–water partition coefficient (Wildman–Crippen LogP) is 3.37. The Hall–Kier alpha value is -2.58. The van der Waals surface area contributed by atoms with Crippen molar-refractivity contribution >= 4 is 29.4 Å². The fourth-order valence-electron chi connectivity index (χ4n) is 3.48. The lowest BCUT2D eigenvalue weighted by Gasteiger charge is -2.26. The third-order valence-corrected chi connectivity index (χ3v) is 6.19. The van der Waals surface area contributed by atoms with Crippen LogP contribution in [0.15, 0.2) is 48.5 Å². The zero-order valence-electron chi connectivity index (χ0n) is 17.9. The average molecular weight is 445 g/mol. The maximum absolute atomic E-state index is 13.6. The number of thioether (sulfide) groups is 1. The number of likely N-dealkylation sites (N-methyl/N-ethyl adjacent to an activating group) is 1. The Bertz CT molecular complexity index is 885. The molecular weight excluding hydrogens is 415 g/mol. The van der Waals surface area contributed by atoms with Crippen molar-refractivity contribution in [1.82, 2.24) is 15.1 Å². The number of carbonyl (C=O) groups is 2. The van der Waals surface area contributed by atoms with Crippen molar-refractivity contribution in [3.8, 4) is 0 Å². The van der Waals surface area contributed by atoms with E-state index in [9.17, 15) is 14.0 Å². The van der Waals surface area contributed by atoms with E-state index in [-0.39, 0.29) is 23.8 Å². The van der Waals surface area contributed by atoms with E-state index in [0.29, 0.717) is 18.7 Å². The molecule has 31 heavy (non-hydrogen) atoms. The van der Waals surface area contributed by atoms with Crippen LogP contribution in [-0.2, 0) is 11.2 Å². The van der Waals surface area contributed by atoms with Gasteiger partial charge in [0.1, 0.15) is 5.82 Å². The standard InChI is InChI=1S/C23H29FN4O2S/c1-27(2)21(18-4-3-5-19(24)15-18)16-25-23(30)26-20-8-6-17(7-9-20)14-22(29)28-10-12-31-13-11-28/h3-9,15,21H,10-14,16H2,1-2H3,(H2,25,26,30). The van der Waals surface area contributed by atoms with Crippen molar-refractivity contribution in [2.45, 2.75) is 12.5 Å². The van der Waals surface area contributed by atoms with Crippen molar-refractivity contribution in [3.63, 3.8) is 0 Å². The molecule has 0 aliphatic carbocycles. The summed E-state index contributed by atoms with van der Waals surface area (Å²) in [4.78, 5) is 28.6. The molecule has 3 amide bonds. The third kappa shape index (κ3) is 6.97. The number of halogens is 1. The quantitative estimate of drug-likeness (QED) is 0.687. The molecule has 1 fully saturated rings. The van der Waals surface area contributed by atoms with Crippen LogP contribution >= 0.6 is 11.8 Å². The van der Waals surface area contributed by atoms with Crippen molar-refractivity contribution in [3.05, 3.63) is 65.5 Å². The third-order valence-electron chi connectivity index (χ3n) is 5.24. The van der Waals surface area contributed by atoms with Crippen LogP contribution in [0.1, 0.15) is 17.2 Å². The molecule has 1 saturated heterocycles. The van der Waals surface area contributed by atoms with E-state index in [4.69, 9.17) is 0 Å². The summed E-state index contributed by atoms with van der Waals surface area (Å²) in [6.45, 7) is 1.96. The second-order valence-electron chi connectivity index (χ2n) is 7.74. The van der Waals surface area contributed by atoms with Gasteiger partial charge in [-0.05, 0) is 49.5 Å². The van der Waals surface area contributed by atoms with Gasteiger partial charge in [0, 0.05) is 36.8 Å². The number of hydrogen-bond donors (Lipinski definition) is 2. The van der Waals surface area contributed by atoms with Gasteiger partial charge in [-0.1, -0.05) is 24.3 Å². The Labute approximate surface area is 187 Å². The molecule has 1 heterocycles. The summed E-state index contributed by atoms with van der Waals surface area (Å²) < 4.78 is 13.6. The highest BCUT2D eigenvalue weighted by Crippen LogP contribution is 2.18. The summed E-state index contributed by atoms with van der Waals surface area (Å²) in [6.07, 6.45) is 0.370. The van der Waals surface area contributed by atoms with Crippen LogP contribution < -0.4 is 10.6 Å². The minimum Gasteiger partial charge on any atom is -0.341 e. The average Bonchev–Trinajstić information content (AvgIpc) is 2.75. The molecule has 1 unspecified atom stereocenters. The molecule has 1 aliphatic heterocycles. The van der Waals surface area contributed by atoms with Crippen LogP contribution in [0, 0.1) is 5.82 Å². The van der Waals surface area contributed by atoms with Gasteiger partial charge in [-0.25, -0.2) is 9.18 Å². The highest BCUT2D eigenvalue weighted by Gasteiger charge is 2.18. The van der Waals surface area contributed by atoms with E-state index in [1.807, 2.05) is 53.9 Å². The molecule has 1 aliphatic rings. The van der Waals surface area contributed by atoms with Gasteiger partial charge in [-0.2, -0.15) is 11.8 Å². The first kappa shape index (κ1) is 23.1. The molecule has 0 saturated carbocycles. The number of nitrogens with zero attached hydrogens (tertiary/aromatic N) is 2. The lowest BCUT2D eigenvalue weighted by atomic mass is 10.1. The molecule has 0 aromatic heterocycles. The van der Waals surface area contributed by atoms with E-state index in [2.05, 4.69) is 10.6 Å². The Morgan fingerprint density at radius 3 is 2.48 bits per heavy atom. The largest absolute Gasteiger partial charge is 0.341 e. The van der Waals surface area contributed by atoms with Gasteiger partial charge in [-0.15, -0.1) is 0 Å². The van der Waals surface area contributed by atoms with Crippen LogP contribution in [0.2, 0.25) is 0 Å². The summed E-state index contributed by atoms with van der Waals surface area (Å²) >= 11 is 1.88. The first-order valence-electron chi connectivity index (χ1n) is 10.3. The normalized spacial score (nSPS) is 14.9. The molecule has 0 spiro atoms. The number of anilines is 1. The van der Waals surface area contributed by atoms with E-state index in [1.54, 1.807) is 18.2 Å². The molecule has 2 aromatic rings. The SMILES string of the molecule is CN(C)C(CNC(=O)Nc1ccc(CC(=O)N2CCSCC2)cc1)c1cccc(F)c1. The van der Waals surface area contributed by atoms with Gasteiger partial charge in [0.05, 0.1) is 12.5 Å². The molecule has 2 N–H and O–H groups in total. The monoisotopic (exact) mass is 444 g/mol. The molecule has 3 rings (SSSR count). The predicted molar refractivity (Wildman–Crippen MR) is 124 cm³/mol. The van der Waals surface area contributed by atoms with Crippen molar-refractivity contribution in [2.75, 3.05) is 50.6 Å². The lowest BCUT2D eigenvalue weighted by Crippen LogP contribution is -2.38. The Morgan fingerprint density at radius 1 is 1.13 bits per heavy atom. The van der Waals surface area contributed by atoms with Crippen LogP contribution in [0.25, 0.3) is 0 Å². The second kappa shape index (κ2) is 11.2. The van der Waals surface area contributed by atoms with E-state index >= 15 is 0 Å². The molecular formula is C23H29FN4O2S. The molecule has 0 bridgehead atoms. The first-order chi connectivity index (χ1) is 14.9. The van der Waals surface area contributed by atoms with Gasteiger partial charge in [0.15, 0.2) is 0 Å². The summed E-state index contributed by atoms with van der Waals surface area (Å²) in [6, 6.07) is 13.2. The Kier molecular flexibility index (Phi) is 8.31. The van der Waals surface area contributed by atoms with Gasteiger partial charge in [0.25, 0.3) is 0 Å². The second-order valence-corrected chi connectivity index (χ2v) is 8.96. The van der Waals surface area contributed by atoms with Crippen LogP contribution in [0.4, 0.5) is 14.9 Å². The molecule has 0 radical (unpaired) electrons. The van der Waals surface area contributed by atoms with Gasteiger partial charge >= 0.3 is 6.03 Å². The Balaban J connectivity index is 1.50. The fraction of sp³-hybridized carbons (Fsp3) is 0.391. The topological polar surface area (TPSA) is 64.7 Å². The molecule has 8 heteroatoms. The van der Waals surface area contributed by atoms with E-state index in [1.165, 1.54) is 12.1 Å². The summed E-state index contributed by atoms with van der Waals surface area (Å²) in [5, 5.41) is 5.65. The summed E-state index contributed by atoms with van der Waals surface area (Å²) in [5.74, 6) is 1.84. The summed E-state index contributed by atoms with van der Waals surface area (Å²) in [7, 11) is 3.77. The van der Waals surface area contributed by atoms with Crippen molar-refractivity contribution < 1.29 is 14.0 Å². The first-order valence-corrected chi connectivity index (χ1v) is 11.5. The molecule has 6 nitrogen and oxygen atoms in total. The maximum Gasteiger partial charge on any atom is 0.319 e.